The summed E-state index contributed by atoms with van der Waals surface area (Å²) in [6.45, 7) is 0. The molecule has 7 nitrogen and oxygen atoms in total. The minimum atomic E-state index is -0.163. The van der Waals surface area contributed by atoms with Crippen molar-refractivity contribution in [2.24, 2.45) is 0 Å². The molecule has 2 aromatic carbocycles. The van der Waals surface area contributed by atoms with Crippen LogP contribution in [0.15, 0.2) is 61.1 Å². The van der Waals surface area contributed by atoms with Gasteiger partial charge in [0.2, 0.25) is 0 Å². The SMILES string of the molecule is O=C(Nc1cccc(-n2cnnn2)c1)c1cccc2[nH]ccc12. The molecule has 0 aliphatic rings. The van der Waals surface area contributed by atoms with Crippen LogP contribution < -0.4 is 5.32 Å². The van der Waals surface area contributed by atoms with Crippen molar-refractivity contribution in [2.75, 3.05) is 5.32 Å². The topological polar surface area (TPSA) is 88.5 Å². The van der Waals surface area contributed by atoms with Crippen molar-refractivity contribution in [2.45, 2.75) is 0 Å². The van der Waals surface area contributed by atoms with E-state index in [0.29, 0.717) is 11.3 Å². The zero-order chi connectivity index (χ0) is 15.6. The third-order valence-electron chi connectivity index (χ3n) is 3.56. The van der Waals surface area contributed by atoms with E-state index < -0.39 is 0 Å². The number of hydrogen-bond acceptors (Lipinski definition) is 4. The molecule has 2 aromatic heterocycles. The van der Waals surface area contributed by atoms with Crippen molar-refractivity contribution in [3.63, 3.8) is 0 Å². The molecular formula is C16H12N6O. The lowest BCUT2D eigenvalue weighted by molar-refractivity contribution is 0.102. The lowest BCUT2D eigenvalue weighted by Gasteiger charge is -2.08. The molecule has 0 bridgehead atoms. The molecule has 4 rings (SSSR count). The molecule has 0 fully saturated rings. The van der Waals surface area contributed by atoms with Crippen LogP contribution in [-0.4, -0.2) is 31.1 Å². The molecule has 0 saturated carbocycles. The molecule has 0 unspecified atom stereocenters. The molecule has 1 amide bonds. The van der Waals surface area contributed by atoms with E-state index in [1.165, 1.54) is 11.0 Å². The van der Waals surface area contributed by atoms with Crippen LogP contribution in [0.4, 0.5) is 5.69 Å². The lowest BCUT2D eigenvalue weighted by atomic mass is 10.1. The van der Waals surface area contributed by atoms with Gasteiger partial charge in [0, 0.05) is 28.4 Å². The van der Waals surface area contributed by atoms with E-state index in [9.17, 15) is 4.79 Å². The zero-order valence-corrected chi connectivity index (χ0v) is 12.0. The molecule has 2 N–H and O–H groups in total. The van der Waals surface area contributed by atoms with E-state index in [1.54, 1.807) is 6.07 Å². The van der Waals surface area contributed by atoms with Crippen molar-refractivity contribution >= 4 is 22.5 Å². The Morgan fingerprint density at radius 2 is 2.04 bits per heavy atom. The molecule has 4 aromatic rings. The first kappa shape index (κ1) is 13.2. The third kappa shape index (κ3) is 2.44. The second-order valence-electron chi connectivity index (χ2n) is 5.00. The second kappa shape index (κ2) is 5.38. The van der Waals surface area contributed by atoms with Gasteiger partial charge >= 0.3 is 0 Å². The van der Waals surface area contributed by atoms with Gasteiger partial charge in [-0.3, -0.25) is 4.79 Å². The van der Waals surface area contributed by atoms with E-state index in [-0.39, 0.29) is 5.91 Å². The van der Waals surface area contributed by atoms with Gasteiger partial charge in [-0.25, -0.2) is 4.68 Å². The Morgan fingerprint density at radius 3 is 2.91 bits per heavy atom. The van der Waals surface area contributed by atoms with Gasteiger partial charge in [-0.15, -0.1) is 5.10 Å². The van der Waals surface area contributed by atoms with Gasteiger partial charge in [0.15, 0.2) is 0 Å². The van der Waals surface area contributed by atoms with Gasteiger partial charge in [-0.1, -0.05) is 12.1 Å². The van der Waals surface area contributed by atoms with Crippen LogP contribution in [0.1, 0.15) is 10.4 Å². The number of H-pyrrole nitrogens is 1. The molecular weight excluding hydrogens is 292 g/mol. The van der Waals surface area contributed by atoms with Crippen LogP contribution in [-0.2, 0) is 0 Å². The highest BCUT2D eigenvalue weighted by atomic mass is 16.1. The molecule has 0 spiro atoms. The highest BCUT2D eigenvalue weighted by Crippen LogP contribution is 2.20. The average Bonchev–Trinajstić information content (AvgIpc) is 3.26. The van der Waals surface area contributed by atoms with E-state index in [4.69, 9.17) is 0 Å². The summed E-state index contributed by atoms with van der Waals surface area (Å²) in [5, 5.41) is 14.8. The summed E-state index contributed by atoms with van der Waals surface area (Å²) in [6.07, 6.45) is 3.32. The summed E-state index contributed by atoms with van der Waals surface area (Å²) >= 11 is 0. The molecule has 0 saturated heterocycles. The quantitative estimate of drug-likeness (QED) is 0.608. The number of nitrogens with one attached hydrogen (secondary N) is 2. The first-order chi connectivity index (χ1) is 11.3. The number of tetrazole rings is 1. The predicted molar refractivity (Wildman–Crippen MR) is 85.4 cm³/mol. The normalized spacial score (nSPS) is 10.8. The van der Waals surface area contributed by atoms with Gasteiger partial charge in [0.1, 0.15) is 6.33 Å². The Morgan fingerprint density at radius 1 is 1.13 bits per heavy atom. The fourth-order valence-corrected chi connectivity index (χ4v) is 2.49. The molecule has 112 valence electrons. The van der Waals surface area contributed by atoms with Crippen LogP contribution in [0.3, 0.4) is 0 Å². The number of rotatable bonds is 3. The number of amides is 1. The molecule has 7 heteroatoms. The van der Waals surface area contributed by atoms with Gasteiger partial charge in [-0.05, 0) is 46.8 Å². The zero-order valence-electron chi connectivity index (χ0n) is 12.0. The van der Waals surface area contributed by atoms with Gasteiger partial charge in [0.05, 0.1) is 5.69 Å². The van der Waals surface area contributed by atoms with Crippen LogP contribution in [0.5, 0.6) is 0 Å². The molecule has 0 atom stereocenters. The van der Waals surface area contributed by atoms with E-state index >= 15 is 0 Å². The van der Waals surface area contributed by atoms with Crippen molar-refractivity contribution in [1.29, 1.82) is 0 Å². The largest absolute Gasteiger partial charge is 0.361 e. The third-order valence-corrected chi connectivity index (χ3v) is 3.56. The number of carbonyl (C=O) groups is 1. The van der Waals surface area contributed by atoms with Crippen molar-refractivity contribution in [3.8, 4) is 5.69 Å². The molecule has 2 heterocycles. The monoisotopic (exact) mass is 304 g/mol. The van der Waals surface area contributed by atoms with Crippen molar-refractivity contribution in [3.05, 3.63) is 66.6 Å². The number of carbonyl (C=O) groups excluding carboxylic acids is 1. The minimum absolute atomic E-state index is 0.163. The maximum absolute atomic E-state index is 12.6. The first-order valence-corrected chi connectivity index (χ1v) is 7.02. The van der Waals surface area contributed by atoms with Crippen molar-refractivity contribution < 1.29 is 4.79 Å². The van der Waals surface area contributed by atoms with Crippen LogP contribution in [0.2, 0.25) is 0 Å². The summed E-state index contributed by atoms with van der Waals surface area (Å²) < 4.78 is 1.53. The van der Waals surface area contributed by atoms with Crippen LogP contribution in [0, 0.1) is 0 Å². The number of nitrogens with zero attached hydrogens (tertiary/aromatic N) is 4. The second-order valence-corrected chi connectivity index (χ2v) is 5.00. The summed E-state index contributed by atoms with van der Waals surface area (Å²) in [6, 6.07) is 14.8. The van der Waals surface area contributed by atoms with Gasteiger partial charge in [-0.2, -0.15) is 0 Å². The molecule has 0 aliphatic carbocycles. The van der Waals surface area contributed by atoms with Crippen molar-refractivity contribution in [1.82, 2.24) is 25.2 Å². The lowest BCUT2D eigenvalue weighted by Crippen LogP contribution is -2.12. The summed E-state index contributed by atoms with van der Waals surface area (Å²) in [5.41, 5.74) is 3.00. The van der Waals surface area contributed by atoms with E-state index in [1.807, 2.05) is 48.7 Å². The first-order valence-electron chi connectivity index (χ1n) is 7.02. The summed E-state index contributed by atoms with van der Waals surface area (Å²) in [7, 11) is 0. The fourth-order valence-electron chi connectivity index (χ4n) is 2.49. The highest BCUT2D eigenvalue weighted by Gasteiger charge is 2.11. The molecule has 23 heavy (non-hydrogen) atoms. The number of fused-ring (bicyclic) bond motifs is 1. The van der Waals surface area contributed by atoms with E-state index in [2.05, 4.69) is 25.8 Å². The number of hydrogen-bond donors (Lipinski definition) is 2. The minimum Gasteiger partial charge on any atom is -0.361 e. The Bertz CT molecular complexity index is 973. The Hall–Kier alpha value is -3.48. The average molecular weight is 304 g/mol. The Balaban J connectivity index is 1.64. The van der Waals surface area contributed by atoms with Crippen LogP contribution in [0.25, 0.3) is 16.6 Å². The number of aromatic nitrogens is 5. The molecule has 0 radical (unpaired) electrons. The molecule has 0 aliphatic heterocycles. The Kier molecular flexibility index (Phi) is 3.09. The fraction of sp³-hybridized carbons (Fsp3) is 0. The summed E-state index contributed by atoms with van der Waals surface area (Å²) in [4.78, 5) is 15.7. The van der Waals surface area contributed by atoms with E-state index in [0.717, 1.165) is 16.6 Å². The smallest absolute Gasteiger partial charge is 0.256 e. The van der Waals surface area contributed by atoms with Crippen LogP contribution >= 0.6 is 0 Å². The summed E-state index contributed by atoms with van der Waals surface area (Å²) in [5.74, 6) is -0.163. The maximum atomic E-state index is 12.6. The number of aromatic amines is 1. The van der Waals surface area contributed by atoms with Gasteiger partial charge in [0.25, 0.3) is 5.91 Å². The maximum Gasteiger partial charge on any atom is 0.256 e. The van der Waals surface area contributed by atoms with Gasteiger partial charge < -0.3 is 10.3 Å². The predicted octanol–water partition coefficient (Wildman–Crippen LogP) is 2.40. The standard InChI is InChI=1S/C16H12N6O/c23-16(14-5-2-6-15-13(14)7-8-17-15)19-11-3-1-4-12(9-11)22-10-18-20-21-22/h1-10,17H,(H,19,23). The highest BCUT2D eigenvalue weighted by molar-refractivity contribution is 6.12. The Labute approximate surface area is 130 Å². The number of anilines is 1. The number of benzene rings is 2.